The number of hydrogen-bond acceptors (Lipinski definition) is 4. The molecule has 1 N–H and O–H groups in total. The average Bonchev–Trinajstić information content (AvgIpc) is 2.41. The van der Waals surface area contributed by atoms with Crippen molar-refractivity contribution in [2.75, 3.05) is 39.0 Å². The van der Waals surface area contributed by atoms with Crippen molar-refractivity contribution in [2.45, 2.75) is 4.90 Å². The summed E-state index contributed by atoms with van der Waals surface area (Å²) in [7, 11) is 2.07. The lowest BCUT2D eigenvalue weighted by Crippen LogP contribution is -2.52. The fourth-order valence-corrected chi connectivity index (χ4v) is 2.50. The number of amides is 1. The second kappa shape index (κ2) is 6.88. The Hall–Kier alpha value is -1.11. The van der Waals surface area contributed by atoms with Gasteiger partial charge in [-0.25, -0.2) is 9.40 Å². The Labute approximate surface area is 116 Å². The van der Waals surface area contributed by atoms with E-state index in [9.17, 15) is 9.18 Å². The van der Waals surface area contributed by atoms with Crippen LogP contribution in [0.15, 0.2) is 29.2 Å². The lowest BCUT2D eigenvalue weighted by Gasteiger charge is -2.32. The Morgan fingerprint density at radius 2 is 1.89 bits per heavy atom. The highest BCUT2D eigenvalue weighted by Gasteiger charge is 2.15. The summed E-state index contributed by atoms with van der Waals surface area (Å²) in [6, 6.07) is 6.17. The van der Waals surface area contributed by atoms with Crippen molar-refractivity contribution < 1.29 is 9.18 Å². The van der Waals surface area contributed by atoms with Crippen LogP contribution in [0.25, 0.3) is 0 Å². The Kier molecular flexibility index (Phi) is 5.18. The summed E-state index contributed by atoms with van der Waals surface area (Å²) in [5, 5.41) is 1.95. The van der Waals surface area contributed by atoms with Gasteiger partial charge in [-0.3, -0.25) is 10.2 Å². The molecule has 1 fully saturated rings. The van der Waals surface area contributed by atoms with E-state index in [1.54, 1.807) is 12.1 Å². The first-order chi connectivity index (χ1) is 9.13. The van der Waals surface area contributed by atoms with Crippen LogP contribution < -0.4 is 5.43 Å². The van der Waals surface area contributed by atoms with Crippen LogP contribution in [0, 0.1) is 5.82 Å². The summed E-state index contributed by atoms with van der Waals surface area (Å²) in [4.78, 5) is 14.9. The van der Waals surface area contributed by atoms with Crippen LogP contribution in [0.3, 0.4) is 0 Å². The zero-order chi connectivity index (χ0) is 13.7. The van der Waals surface area contributed by atoms with Gasteiger partial charge in [0.15, 0.2) is 0 Å². The van der Waals surface area contributed by atoms with Gasteiger partial charge in [-0.1, -0.05) is 0 Å². The molecule has 0 aliphatic carbocycles. The number of benzene rings is 1. The van der Waals surface area contributed by atoms with E-state index in [0.29, 0.717) is 5.75 Å². The highest BCUT2D eigenvalue weighted by molar-refractivity contribution is 8.00. The van der Waals surface area contributed by atoms with Gasteiger partial charge in [0.1, 0.15) is 5.82 Å². The summed E-state index contributed by atoms with van der Waals surface area (Å²) in [6.07, 6.45) is 0. The first-order valence-electron chi connectivity index (χ1n) is 6.25. The smallest absolute Gasteiger partial charge is 0.244 e. The van der Waals surface area contributed by atoms with Crippen LogP contribution in [0.5, 0.6) is 0 Å². The number of thioether (sulfide) groups is 1. The predicted molar refractivity (Wildman–Crippen MR) is 74.3 cm³/mol. The van der Waals surface area contributed by atoms with Crippen LogP contribution in [-0.2, 0) is 4.79 Å². The molecule has 1 aliphatic rings. The van der Waals surface area contributed by atoms with Crippen molar-refractivity contribution in [1.82, 2.24) is 15.3 Å². The maximum Gasteiger partial charge on any atom is 0.244 e. The summed E-state index contributed by atoms with van der Waals surface area (Å²) in [6.45, 7) is 3.63. The molecule has 19 heavy (non-hydrogen) atoms. The first kappa shape index (κ1) is 14.3. The highest BCUT2D eigenvalue weighted by Crippen LogP contribution is 2.17. The van der Waals surface area contributed by atoms with Crippen LogP contribution in [0.1, 0.15) is 0 Å². The summed E-state index contributed by atoms with van der Waals surface area (Å²) in [5.74, 6) is 0.0722. The zero-order valence-corrected chi connectivity index (χ0v) is 11.8. The standard InChI is InChI=1S/C13H18FN3OS/c1-16-6-8-17(9-7-16)15-13(18)10-19-12-4-2-11(14)3-5-12/h2-5H,6-10H2,1H3,(H,15,18). The topological polar surface area (TPSA) is 35.6 Å². The molecule has 1 heterocycles. The molecule has 6 heteroatoms. The number of nitrogens with zero attached hydrogens (tertiary/aromatic N) is 2. The molecule has 1 amide bonds. The van der Waals surface area contributed by atoms with Gasteiger partial charge < -0.3 is 4.90 Å². The van der Waals surface area contributed by atoms with Gasteiger partial charge in [0, 0.05) is 31.1 Å². The lowest BCUT2D eigenvalue weighted by molar-refractivity contribution is -0.124. The van der Waals surface area contributed by atoms with Gasteiger partial charge in [-0.15, -0.1) is 11.8 Å². The zero-order valence-electron chi connectivity index (χ0n) is 10.9. The van der Waals surface area contributed by atoms with E-state index < -0.39 is 0 Å². The fourth-order valence-electron chi connectivity index (χ4n) is 1.81. The molecular formula is C13H18FN3OS. The third-order valence-corrected chi connectivity index (χ3v) is 3.98. The summed E-state index contributed by atoms with van der Waals surface area (Å²) < 4.78 is 12.7. The highest BCUT2D eigenvalue weighted by atomic mass is 32.2. The van der Waals surface area contributed by atoms with Gasteiger partial charge >= 0.3 is 0 Å². The van der Waals surface area contributed by atoms with Gasteiger partial charge in [0.25, 0.3) is 0 Å². The van der Waals surface area contributed by atoms with E-state index in [1.807, 2.05) is 5.01 Å². The molecule has 104 valence electrons. The molecule has 1 saturated heterocycles. The number of likely N-dealkylation sites (N-methyl/N-ethyl adjacent to an activating group) is 1. The molecular weight excluding hydrogens is 265 g/mol. The second-order valence-electron chi connectivity index (χ2n) is 4.57. The molecule has 0 atom stereocenters. The maximum atomic E-state index is 12.7. The van der Waals surface area contributed by atoms with E-state index in [0.717, 1.165) is 31.1 Å². The van der Waals surface area contributed by atoms with Crippen molar-refractivity contribution in [3.63, 3.8) is 0 Å². The summed E-state index contributed by atoms with van der Waals surface area (Å²) in [5.41, 5.74) is 2.89. The van der Waals surface area contributed by atoms with Gasteiger partial charge in [0.05, 0.1) is 5.75 Å². The van der Waals surface area contributed by atoms with Crippen molar-refractivity contribution >= 4 is 17.7 Å². The number of carbonyl (C=O) groups excluding carboxylic acids is 1. The average molecular weight is 283 g/mol. The van der Waals surface area contributed by atoms with E-state index in [-0.39, 0.29) is 11.7 Å². The monoisotopic (exact) mass is 283 g/mol. The number of piperazine rings is 1. The number of carbonyl (C=O) groups is 1. The molecule has 2 rings (SSSR count). The normalized spacial score (nSPS) is 17.4. The molecule has 0 unspecified atom stereocenters. The summed E-state index contributed by atoms with van der Waals surface area (Å²) >= 11 is 1.41. The van der Waals surface area contributed by atoms with Gasteiger partial charge in [-0.05, 0) is 31.3 Å². The van der Waals surface area contributed by atoms with Gasteiger partial charge in [0.2, 0.25) is 5.91 Å². The molecule has 1 aliphatic heterocycles. The lowest BCUT2D eigenvalue weighted by atomic mass is 10.4. The number of hydrogen-bond donors (Lipinski definition) is 1. The third kappa shape index (κ3) is 4.81. The number of hydrazine groups is 1. The Bertz CT molecular complexity index is 418. The van der Waals surface area contributed by atoms with Crippen LogP contribution in [0.4, 0.5) is 4.39 Å². The Morgan fingerprint density at radius 3 is 2.53 bits per heavy atom. The maximum absolute atomic E-state index is 12.7. The van der Waals surface area contributed by atoms with Crippen LogP contribution in [-0.4, -0.2) is 54.8 Å². The first-order valence-corrected chi connectivity index (χ1v) is 7.23. The van der Waals surface area contributed by atoms with Crippen LogP contribution in [0.2, 0.25) is 0 Å². The van der Waals surface area contributed by atoms with Crippen LogP contribution >= 0.6 is 11.8 Å². The molecule has 1 aromatic carbocycles. The minimum absolute atomic E-state index is 0.0149. The van der Waals surface area contributed by atoms with Crippen molar-refractivity contribution in [3.05, 3.63) is 30.1 Å². The SMILES string of the molecule is CN1CCN(NC(=O)CSc2ccc(F)cc2)CC1. The second-order valence-corrected chi connectivity index (χ2v) is 5.62. The minimum Gasteiger partial charge on any atom is -0.304 e. The Morgan fingerprint density at radius 1 is 1.26 bits per heavy atom. The number of halogens is 1. The predicted octanol–water partition coefficient (Wildman–Crippen LogP) is 1.20. The molecule has 0 spiro atoms. The van der Waals surface area contributed by atoms with E-state index in [2.05, 4.69) is 17.4 Å². The quantitative estimate of drug-likeness (QED) is 0.842. The molecule has 4 nitrogen and oxygen atoms in total. The van der Waals surface area contributed by atoms with Crippen molar-refractivity contribution in [1.29, 1.82) is 0 Å². The molecule has 0 radical (unpaired) electrons. The molecule has 0 aromatic heterocycles. The fraction of sp³-hybridized carbons (Fsp3) is 0.462. The van der Waals surface area contributed by atoms with E-state index in [4.69, 9.17) is 0 Å². The largest absolute Gasteiger partial charge is 0.304 e. The minimum atomic E-state index is -0.258. The molecule has 0 saturated carbocycles. The number of nitrogens with one attached hydrogen (secondary N) is 1. The Balaban J connectivity index is 1.71. The van der Waals surface area contributed by atoms with Gasteiger partial charge in [-0.2, -0.15) is 0 Å². The number of rotatable bonds is 4. The molecule has 0 bridgehead atoms. The van der Waals surface area contributed by atoms with E-state index >= 15 is 0 Å². The van der Waals surface area contributed by atoms with Crippen molar-refractivity contribution in [3.8, 4) is 0 Å². The third-order valence-electron chi connectivity index (χ3n) is 2.97. The van der Waals surface area contributed by atoms with E-state index in [1.165, 1.54) is 23.9 Å². The molecule has 1 aromatic rings. The van der Waals surface area contributed by atoms with Crippen molar-refractivity contribution in [2.24, 2.45) is 0 Å².